The minimum Gasteiger partial charge on any atom is -0.342 e. The molecule has 0 aromatic carbocycles. The molecule has 1 aliphatic heterocycles. The number of carbonyl (C=O) groups is 1. The molecule has 2 saturated carbocycles. The van der Waals surface area contributed by atoms with Gasteiger partial charge in [0, 0.05) is 19.1 Å². The maximum Gasteiger partial charge on any atom is 0.227 e. The first-order chi connectivity index (χ1) is 9.20. The lowest BCUT2D eigenvalue weighted by atomic mass is 9.83. The van der Waals surface area contributed by atoms with Crippen LogP contribution in [0.15, 0.2) is 0 Å². The summed E-state index contributed by atoms with van der Waals surface area (Å²) in [6.45, 7) is 4.21. The average Bonchev–Trinajstić information content (AvgIpc) is 2.99. The van der Waals surface area contributed by atoms with Crippen molar-refractivity contribution in [3.63, 3.8) is 0 Å². The molecule has 0 aromatic heterocycles. The summed E-state index contributed by atoms with van der Waals surface area (Å²) in [5, 5.41) is 0. The Kier molecular flexibility index (Phi) is 5.36. The summed E-state index contributed by atoms with van der Waals surface area (Å²) in [4.78, 5) is 14.9. The summed E-state index contributed by atoms with van der Waals surface area (Å²) in [5.41, 5.74) is 6.32. The van der Waals surface area contributed by atoms with Crippen molar-refractivity contribution in [3.05, 3.63) is 0 Å². The van der Waals surface area contributed by atoms with Crippen LogP contribution in [-0.4, -0.2) is 29.9 Å². The van der Waals surface area contributed by atoms with Crippen molar-refractivity contribution in [2.45, 2.75) is 57.9 Å². The number of amides is 1. The Morgan fingerprint density at radius 2 is 2.00 bits per heavy atom. The quantitative estimate of drug-likeness (QED) is 0.871. The Labute approximate surface area is 129 Å². The van der Waals surface area contributed by atoms with Crippen molar-refractivity contribution < 1.29 is 4.79 Å². The number of hydrogen-bond donors (Lipinski definition) is 1. The fraction of sp³-hybridized carbons (Fsp3) is 0.938. The number of piperidine rings is 1. The van der Waals surface area contributed by atoms with Gasteiger partial charge in [0.15, 0.2) is 0 Å². The van der Waals surface area contributed by atoms with Crippen LogP contribution >= 0.6 is 12.4 Å². The van der Waals surface area contributed by atoms with Gasteiger partial charge < -0.3 is 10.6 Å². The van der Waals surface area contributed by atoms with Crippen LogP contribution in [-0.2, 0) is 4.79 Å². The molecule has 1 amide bonds. The standard InChI is InChI=1S/C16H28N2O.ClH/c1-2-4-11-5-3-8-18(10-11)16(19)14-12-6-7-13(9-12)15(14)17;/h11-15H,2-10,17H2,1H3;1H. The molecule has 2 N–H and O–H groups in total. The van der Waals surface area contributed by atoms with Gasteiger partial charge in [-0.1, -0.05) is 13.3 Å². The molecule has 0 spiro atoms. The Hall–Kier alpha value is -0.280. The topological polar surface area (TPSA) is 46.3 Å². The summed E-state index contributed by atoms with van der Waals surface area (Å²) in [7, 11) is 0. The molecule has 1 saturated heterocycles. The van der Waals surface area contributed by atoms with Crippen LogP contribution < -0.4 is 5.73 Å². The third kappa shape index (κ3) is 2.85. The fourth-order valence-corrected chi connectivity index (χ4v) is 4.82. The second-order valence-corrected chi connectivity index (χ2v) is 7.02. The van der Waals surface area contributed by atoms with Gasteiger partial charge in [-0.25, -0.2) is 0 Å². The third-order valence-corrected chi connectivity index (χ3v) is 5.79. The molecule has 3 aliphatic rings. The van der Waals surface area contributed by atoms with E-state index in [0.29, 0.717) is 17.7 Å². The van der Waals surface area contributed by atoms with Crippen LogP contribution in [0.3, 0.4) is 0 Å². The monoisotopic (exact) mass is 300 g/mol. The van der Waals surface area contributed by atoms with E-state index in [4.69, 9.17) is 5.73 Å². The largest absolute Gasteiger partial charge is 0.342 e. The minimum absolute atomic E-state index is 0. The molecule has 5 unspecified atom stereocenters. The maximum absolute atomic E-state index is 12.8. The molecule has 4 heteroatoms. The van der Waals surface area contributed by atoms with Crippen LogP contribution in [0.4, 0.5) is 0 Å². The number of hydrogen-bond acceptors (Lipinski definition) is 2. The first-order valence-corrected chi connectivity index (χ1v) is 8.25. The highest BCUT2D eigenvalue weighted by atomic mass is 35.5. The smallest absolute Gasteiger partial charge is 0.227 e. The second kappa shape index (κ2) is 6.65. The Morgan fingerprint density at radius 3 is 2.65 bits per heavy atom. The van der Waals surface area contributed by atoms with Crippen LogP contribution in [0.25, 0.3) is 0 Å². The summed E-state index contributed by atoms with van der Waals surface area (Å²) >= 11 is 0. The van der Waals surface area contributed by atoms with E-state index in [0.717, 1.165) is 19.0 Å². The molecule has 2 aliphatic carbocycles. The number of nitrogens with two attached hydrogens (primary N) is 1. The predicted molar refractivity (Wildman–Crippen MR) is 83.8 cm³/mol. The lowest BCUT2D eigenvalue weighted by molar-refractivity contribution is -0.139. The molecule has 116 valence electrons. The zero-order chi connectivity index (χ0) is 13.4. The van der Waals surface area contributed by atoms with Gasteiger partial charge in [0.25, 0.3) is 0 Å². The van der Waals surface area contributed by atoms with Crippen molar-refractivity contribution in [1.82, 2.24) is 4.90 Å². The van der Waals surface area contributed by atoms with Gasteiger partial charge in [-0.3, -0.25) is 4.79 Å². The Bertz CT molecular complexity index is 345. The molecule has 2 bridgehead atoms. The zero-order valence-corrected chi connectivity index (χ0v) is 13.4. The van der Waals surface area contributed by atoms with E-state index in [-0.39, 0.29) is 24.4 Å². The number of carbonyl (C=O) groups excluding carboxylic acids is 1. The molecule has 3 rings (SSSR count). The van der Waals surface area contributed by atoms with E-state index in [1.54, 1.807) is 0 Å². The van der Waals surface area contributed by atoms with Crippen molar-refractivity contribution in [2.75, 3.05) is 13.1 Å². The van der Waals surface area contributed by atoms with Gasteiger partial charge in [0.1, 0.15) is 0 Å². The lowest BCUT2D eigenvalue weighted by Crippen LogP contribution is -2.49. The summed E-state index contributed by atoms with van der Waals surface area (Å²) in [6.07, 6.45) is 8.71. The molecule has 1 heterocycles. The van der Waals surface area contributed by atoms with Crippen molar-refractivity contribution in [2.24, 2.45) is 29.4 Å². The number of nitrogens with zero attached hydrogens (tertiary/aromatic N) is 1. The highest BCUT2D eigenvalue weighted by molar-refractivity contribution is 5.85. The highest BCUT2D eigenvalue weighted by Crippen LogP contribution is 2.48. The van der Waals surface area contributed by atoms with Crippen molar-refractivity contribution >= 4 is 18.3 Å². The molecule has 3 nitrogen and oxygen atoms in total. The van der Waals surface area contributed by atoms with E-state index in [1.165, 1.54) is 44.9 Å². The van der Waals surface area contributed by atoms with Crippen LogP contribution in [0.5, 0.6) is 0 Å². The van der Waals surface area contributed by atoms with E-state index in [2.05, 4.69) is 11.8 Å². The molecule has 20 heavy (non-hydrogen) atoms. The van der Waals surface area contributed by atoms with Gasteiger partial charge in [-0.2, -0.15) is 0 Å². The van der Waals surface area contributed by atoms with Gasteiger partial charge in [-0.15, -0.1) is 12.4 Å². The lowest BCUT2D eigenvalue weighted by Gasteiger charge is -2.37. The summed E-state index contributed by atoms with van der Waals surface area (Å²) < 4.78 is 0. The van der Waals surface area contributed by atoms with E-state index >= 15 is 0 Å². The fourth-order valence-electron chi connectivity index (χ4n) is 4.82. The number of rotatable bonds is 3. The van der Waals surface area contributed by atoms with Crippen LogP contribution in [0.2, 0.25) is 0 Å². The highest BCUT2D eigenvalue weighted by Gasteiger charge is 2.50. The number of fused-ring (bicyclic) bond motifs is 2. The Morgan fingerprint density at radius 1 is 1.25 bits per heavy atom. The second-order valence-electron chi connectivity index (χ2n) is 7.02. The average molecular weight is 301 g/mol. The van der Waals surface area contributed by atoms with E-state index in [9.17, 15) is 4.79 Å². The third-order valence-electron chi connectivity index (χ3n) is 5.79. The maximum atomic E-state index is 12.8. The van der Waals surface area contributed by atoms with Gasteiger partial charge in [0.05, 0.1) is 5.92 Å². The van der Waals surface area contributed by atoms with Gasteiger partial charge >= 0.3 is 0 Å². The summed E-state index contributed by atoms with van der Waals surface area (Å²) in [6, 6.07) is 0.151. The van der Waals surface area contributed by atoms with Crippen molar-refractivity contribution in [3.8, 4) is 0 Å². The molecule has 3 fully saturated rings. The van der Waals surface area contributed by atoms with Crippen LogP contribution in [0.1, 0.15) is 51.9 Å². The predicted octanol–water partition coefficient (Wildman–Crippen LogP) is 2.82. The zero-order valence-electron chi connectivity index (χ0n) is 12.6. The van der Waals surface area contributed by atoms with Gasteiger partial charge in [-0.05, 0) is 56.3 Å². The molecule has 5 atom stereocenters. The van der Waals surface area contributed by atoms with Gasteiger partial charge in [0.2, 0.25) is 5.91 Å². The molecule has 0 radical (unpaired) electrons. The minimum atomic E-state index is 0. The van der Waals surface area contributed by atoms with E-state index in [1.807, 2.05) is 0 Å². The SMILES string of the molecule is CCCC1CCCN(C(=O)C2C3CCC(C3)C2N)C1.Cl. The first kappa shape index (κ1) is 16.1. The molecular weight excluding hydrogens is 272 g/mol. The Balaban J connectivity index is 0.00000147. The summed E-state index contributed by atoms with van der Waals surface area (Å²) in [5.74, 6) is 2.51. The van der Waals surface area contributed by atoms with E-state index < -0.39 is 0 Å². The first-order valence-electron chi connectivity index (χ1n) is 8.25. The van der Waals surface area contributed by atoms with Crippen molar-refractivity contribution in [1.29, 1.82) is 0 Å². The van der Waals surface area contributed by atoms with Crippen LogP contribution in [0, 0.1) is 23.7 Å². The molecule has 0 aromatic rings. The number of halogens is 1. The normalized spacial score (nSPS) is 39.7. The number of likely N-dealkylation sites (tertiary alicyclic amines) is 1. The molecular formula is C16H29ClN2O.